The summed E-state index contributed by atoms with van der Waals surface area (Å²) in [6.45, 7) is 1.13. The first kappa shape index (κ1) is 12.2. The minimum Gasteiger partial charge on any atom is -0.343 e. The number of halogens is 1. The largest absolute Gasteiger partial charge is 0.343 e. The Kier molecular flexibility index (Phi) is 3.48. The van der Waals surface area contributed by atoms with Gasteiger partial charge in [0.05, 0.1) is 13.2 Å². The zero-order valence-corrected chi connectivity index (χ0v) is 10.3. The number of aromatic nitrogens is 2. The van der Waals surface area contributed by atoms with Crippen molar-refractivity contribution in [1.29, 1.82) is 0 Å². The standard InChI is InChI=1S/C14H13FN2O2/c15-11-3-1-10(2-4-11)9-12-5-6-16-13(17-12)14-18-7-8-19-14/h1-6,14H,7-9H2. The summed E-state index contributed by atoms with van der Waals surface area (Å²) in [7, 11) is 0. The summed E-state index contributed by atoms with van der Waals surface area (Å²) < 4.78 is 23.6. The molecule has 3 rings (SSSR count). The highest BCUT2D eigenvalue weighted by Crippen LogP contribution is 2.20. The fourth-order valence-electron chi connectivity index (χ4n) is 1.94. The minimum absolute atomic E-state index is 0.236. The van der Waals surface area contributed by atoms with Crippen LogP contribution in [0.1, 0.15) is 23.4 Å². The highest BCUT2D eigenvalue weighted by Gasteiger charge is 2.21. The summed E-state index contributed by atoms with van der Waals surface area (Å²) >= 11 is 0. The Morgan fingerprint density at radius 2 is 1.84 bits per heavy atom. The van der Waals surface area contributed by atoms with Gasteiger partial charge in [-0.15, -0.1) is 0 Å². The number of hydrogen-bond acceptors (Lipinski definition) is 4. The maximum Gasteiger partial charge on any atom is 0.219 e. The summed E-state index contributed by atoms with van der Waals surface area (Å²) in [5, 5.41) is 0. The van der Waals surface area contributed by atoms with Crippen LogP contribution in [0.2, 0.25) is 0 Å². The van der Waals surface area contributed by atoms with Crippen LogP contribution in [-0.4, -0.2) is 23.2 Å². The lowest BCUT2D eigenvalue weighted by molar-refractivity contribution is -0.0508. The predicted octanol–water partition coefficient (Wildman–Crippen LogP) is 2.25. The molecule has 2 heterocycles. The number of rotatable bonds is 3. The first-order valence-corrected chi connectivity index (χ1v) is 6.11. The van der Waals surface area contributed by atoms with Crippen molar-refractivity contribution in [1.82, 2.24) is 9.97 Å². The third kappa shape index (κ3) is 2.94. The molecular weight excluding hydrogens is 247 g/mol. The summed E-state index contributed by atoms with van der Waals surface area (Å²) in [5.74, 6) is 0.303. The third-order valence-electron chi connectivity index (χ3n) is 2.86. The molecule has 0 unspecified atom stereocenters. The highest BCUT2D eigenvalue weighted by atomic mass is 19.1. The van der Waals surface area contributed by atoms with Crippen molar-refractivity contribution in [2.75, 3.05) is 13.2 Å². The predicted molar refractivity (Wildman–Crippen MR) is 65.9 cm³/mol. The number of benzene rings is 1. The number of nitrogens with zero attached hydrogens (tertiary/aromatic N) is 2. The van der Waals surface area contributed by atoms with Crippen LogP contribution in [0.4, 0.5) is 4.39 Å². The summed E-state index contributed by atoms with van der Waals surface area (Å²) in [5.41, 5.74) is 1.86. The van der Waals surface area contributed by atoms with Crippen LogP contribution in [0.25, 0.3) is 0 Å². The van der Waals surface area contributed by atoms with Crippen LogP contribution >= 0.6 is 0 Å². The van der Waals surface area contributed by atoms with Gasteiger partial charge in [-0.25, -0.2) is 14.4 Å². The second-order valence-electron chi connectivity index (χ2n) is 4.28. The Balaban J connectivity index is 1.77. The number of ether oxygens (including phenoxy) is 2. The van der Waals surface area contributed by atoms with Gasteiger partial charge >= 0.3 is 0 Å². The molecule has 0 saturated carbocycles. The monoisotopic (exact) mass is 260 g/mol. The van der Waals surface area contributed by atoms with E-state index in [1.165, 1.54) is 12.1 Å². The molecular formula is C14H13FN2O2. The summed E-state index contributed by atoms with van der Waals surface area (Å²) in [6.07, 6.45) is 1.85. The Morgan fingerprint density at radius 3 is 2.58 bits per heavy atom. The SMILES string of the molecule is Fc1ccc(Cc2ccnc(C3OCCO3)n2)cc1. The molecule has 0 aliphatic carbocycles. The van der Waals surface area contributed by atoms with Crippen molar-refractivity contribution >= 4 is 0 Å². The molecule has 2 aromatic rings. The topological polar surface area (TPSA) is 44.2 Å². The van der Waals surface area contributed by atoms with Crippen LogP contribution in [-0.2, 0) is 15.9 Å². The van der Waals surface area contributed by atoms with Crippen molar-refractivity contribution in [2.45, 2.75) is 12.7 Å². The van der Waals surface area contributed by atoms with E-state index in [1.54, 1.807) is 18.3 Å². The van der Waals surface area contributed by atoms with Gasteiger partial charge in [0.1, 0.15) is 5.82 Å². The second kappa shape index (κ2) is 5.42. The van der Waals surface area contributed by atoms with E-state index in [0.29, 0.717) is 25.5 Å². The van der Waals surface area contributed by atoms with Gasteiger partial charge in [0.25, 0.3) is 0 Å². The van der Waals surface area contributed by atoms with E-state index < -0.39 is 6.29 Å². The van der Waals surface area contributed by atoms with Gasteiger partial charge in [0.15, 0.2) is 5.82 Å². The smallest absolute Gasteiger partial charge is 0.219 e. The van der Waals surface area contributed by atoms with Gasteiger partial charge in [-0.2, -0.15) is 0 Å². The Labute approximate surface area is 110 Å². The molecule has 0 atom stereocenters. The average Bonchev–Trinajstić information content (AvgIpc) is 2.96. The zero-order valence-electron chi connectivity index (χ0n) is 10.3. The normalized spacial score (nSPS) is 15.8. The van der Waals surface area contributed by atoms with E-state index in [2.05, 4.69) is 9.97 Å². The van der Waals surface area contributed by atoms with Crippen LogP contribution in [0.15, 0.2) is 36.5 Å². The lowest BCUT2D eigenvalue weighted by Crippen LogP contribution is -2.06. The molecule has 98 valence electrons. The third-order valence-corrected chi connectivity index (χ3v) is 2.86. The fourth-order valence-corrected chi connectivity index (χ4v) is 1.94. The van der Waals surface area contributed by atoms with Crippen LogP contribution in [0.3, 0.4) is 0 Å². The molecule has 0 bridgehead atoms. The van der Waals surface area contributed by atoms with Crippen LogP contribution in [0, 0.1) is 5.82 Å². The second-order valence-corrected chi connectivity index (χ2v) is 4.28. The van der Waals surface area contributed by atoms with Crippen LogP contribution in [0.5, 0.6) is 0 Å². The minimum atomic E-state index is -0.465. The molecule has 1 aliphatic heterocycles. The van der Waals surface area contributed by atoms with E-state index in [-0.39, 0.29) is 5.82 Å². The lowest BCUT2D eigenvalue weighted by atomic mass is 10.1. The molecule has 19 heavy (non-hydrogen) atoms. The molecule has 1 aliphatic rings. The molecule has 0 radical (unpaired) electrons. The molecule has 5 heteroatoms. The van der Waals surface area contributed by atoms with E-state index in [9.17, 15) is 4.39 Å². The van der Waals surface area contributed by atoms with E-state index in [0.717, 1.165) is 11.3 Å². The maximum absolute atomic E-state index is 12.8. The molecule has 0 N–H and O–H groups in total. The van der Waals surface area contributed by atoms with E-state index in [4.69, 9.17) is 9.47 Å². The van der Waals surface area contributed by atoms with Crippen LogP contribution < -0.4 is 0 Å². The summed E-state index contributed by atoms with van der Waals surface area (Å²) in [6, 6.07) is 8.22. The van der Waals surface area contributed by atoms with Crippen molar-refractivity contribution < 1.29 is 13.9 Å². The van der Waals surface area contributed by atoms with Crippen molar-refractivity contribution in [3.63, 3.8) is 0 Å². The van der Waals surface area contributed by atoms with Crippen molar-refractivity contribution in [3.8, 4) is 0 Å². The Morgan fingerprint density at radius 1 is 1.11 bits per heavy atom. The van der Waals surface area contributed by atoms with Gasteiger partial charge in [-0.05, 0) is 23.8 Å². The Bertz CT molecular complexity index is 554. The molecule has 1 aromatic carbocycles. The van der Waals surface area contributed by atoms with Gasteiger partial charge in [0.2, 0.25) is 6.29 Å². The fraction of sp³-hybridized carbons (Fsp3) is 0.286. The maximum atomic E-state index is 12.8. The van der Waals surface area contributed by atoms with Crippen molar-refractivity contribution in [2.24, 2.45) is 0 Å². The zero-order chi connectivity index (χ0) is 13.1. The highest BCUT2D eigenvalue weighted by molar-refractivity contribution is 5.22. The van der Waals surface area contributed by atoms with Gasteiger partial charge in [-0.1, -0.05) is 12.1 Å². The quantitative estimate of drug-likeness (QED) is 0.849. The molecule has 1 aromatic heterocycles. The lowest BCUT2D eigenvalue weighted by Gasteiger charge is -2.08. The molecule has 1 fully saturated rings. The van der Waals surface area contributed by atoms with Crippen molar-refractivity contribution in [3.05, 3.63) is 59.4 Å². The number of hydrogen-bond donors (Lipinski definition) is 0. The molecule has 0 spiro atoms. The Hall–Kier alpha value is -1.85. The van der Waals surface area contributed by atoms with Gasteiger partial charge in [0, 0.05) is 18.3 Å². The molecule has 1 saturated heterocycles. The molecule has 0 amide bonds. The van der Waals surface area contributed by atoms with E-state index >= 15 is 0 Å². The molecule has 4 nitrogen and oxygen atoms in total. The first-order chi connectivity index (χ1) is 9.31. The van der Waals surface area contributed by atoms with Gasteiger partial charge < -0.3 is 9.47 Å². The van der Waals surface area contributed by atoms with Gasteiger partial charge in [-0.3, -0.25) is 0 Å². The first-order valence-electron chi connectivity index (χ1n) is 6.11. The summed E-state index contributed by atoms with van der Waals surface area (Å²) in [4.78, 5) is 8.57. The average molecular weight is 260 g/mol. The van der Waals surface area contributed by atoms with E-state index in [1.807, 2.05) is 6.07 Å².